The van der Waals surface area contributed by atoms with E-state index in [0.29, 0.717) is 19.5 Å². The molecule has 0 aromatic carbocycles. The molecule has 0 saturated carbocycles. The van der Waals surface area contributed by atoms with Gasteiger partial charge in [0.15, 0.2) is 0 Å². The van der Waals surface area contributed by atoms with Crippen molar-refractivity contribution < 1.29 is 19.8 Å². The van der Waals surface area contributed by atoms with E-state index >= 15 is 0 Å². The summed E-state index contributed by atoms with van der Waals surface area (Å²) in [5.41, 5.74) is 0. The topological polar surface area (TPSA) is 89.9 Å². The molecule has 1 aliphatic heterocycles. The average Bonchev–Trinajstić information content (AvgIpc) is 2.36. The zero-order valence-corrected chi connectivity index (χ0v) is 12.5. The van der Waals surface area contributed by atoms with Crippen molar-refractivity contribution in [1.82, 2.24) is 10.2 Å². The monoisotopic (exact) mass is 286 g/mol. The predicted octanol–water partition coefficient (Wildman–Crippen LogP) is 1.15. The molecule has 3 N–H and O–H groups in total. The van der Waals surface area contributed by atoms with Crippen LogP contribution in [0.3, 0.4) is 0 Å². The Morgan fingerprint density at radius 1 is 1.40 bits per heavy atom. The number of carboxylic acid groups (broad SMARTS) is 1. The Morgan fingerprint density at radius 2 is 2.05 bits per heavy atom. The average molecular weight is 286 g/mol. The van der Waals surface area contributed by atoms with Crippen molar-refractivity contribution in [1.29, 1.82) is 0 Å². The number of likely N-dealkylation sites (tertiary alicyclic amines) is 1. The highest BCUT2D eigenvalue weighted by Crippen LogP contribution is 2.17. The maximum absolute atomic E-state index is 12.0. The predicted molar refractivity (Wildman–Crippen MR) is 75.3 cm³/mol. The number of urea groups is 1. The normalized spacial score (nSPS) is 24.6. The van der Waals surface area contributed by atoms with Gasteiger partial charge in [-0.25, -0.2) is 4.79 Å². The van der Waals surface area contributed by atoms with Crippen LogP contribution in [0.25, 0.3) is 0 Å². The third-order valence-corrected chi connectivity index (χ3v) is 3.81. The number of hydrogen-bond donors (Lipinski definition) is 3. The molecule has 0 aromatic rings. The van der Waals surface area contributed by atoms with Crippen LogP contribution in [0, 0.1) is 17.8 Å². The van der Waals surface area contributed by atoms with Gasteiger partial charge in [0.25, 0.3) is 0 Å². The van der Waals surface area contributed by atoms with Gasteiger partial charge in [-0.2, -0.15) is 0 Å². The Kier molecular flexibility index (Phi) is 6.26. The summed E-state index contributed by atoms with van der Waals surface area (Å²) >= 11 is 0. The lowest BCUT2D eigenvalue weighted by Crippen LogP contribution is -2.50. The van der Waals surface area contributed by atoms with Gasteiger partial charge in [0.2, 0.25) is 0 Å². The molecule has 0 spiro atoms. The number of aliphatic carboxylic acids is 1. The molecule has 1 aliphatic rings. The molecule has 1 heterocycles. The van der Waals surface area contributed by atoms with E-state index in [4.69, 9.17) is 5.11 Å². The Hall–Kier alpha value is -1.30. The smallest absolute Gasteiger partial charge is 0.317 e. The Labute approximate surface area is 120 Å². The minimum atomic E-state index is -0.883. The summed E-state index contributed by atoms with van der Waals surface area (Å²) in [5, 5.41) is 21.6. The van der Waals surface area contributed by atoms with Crippen LogP contribution in [0.5, 0.6) is 0 Å². The van der Waals surface area contributed by atoms with Gasteiger partial charge in [0.1, 0.15) is 0 Å². The Bertz CT molecular complexity index is 346. The van der Waals surface area contributed by atoms with E-state index in [0.717, 1.165) is 6.42 Å². The molecular formula is C14H26N2O4. The molecule has 1 fully saturated rings. The van der Waals surface area contributed by atoms with Crippen LogP contribution in [0.1, 0.15) is 33.6 Å². The standard InChI is InChI=1S/C14H26N2O4/c1-9(2)6-11(13(18)19)7-15-14(20)16-5-4-10(3)12(17)8-16/h9-12,17H,4-8H2,1-3H3,(H,15,20)(H,18,19). The maximum Gasteiger partial charge on any atom is 0.317 e. The Balaban J connectivity index is 2.43. The second-order valence-electron chi connectivity index (χ2n) is 6.13. The number of β-amino-alcohol motifs (C(OH)–C–C–N with tert-alkyl or cyclic N) is 1. The van der Waals surface area contributed by atoms with Crippen molar-refractivity contribution in [3.63, 3.8) is 0 Å². The molecule has 1 rings (SSSR count). The van der Waals surface area contributed by atoms with Crippen molar-refractivity contribution >= 4 is 12.0 Å². The van der Waals surface area contributed by atoms with Crippen molar-refractivity contribution in [2.75, 3.05) is 19.6 Å². The first-order chi connectivity index (χ1) is 9.31. The highest BCUT2D eigenvalue weighted by Gasteiger charge is 2.28. The number of carbonyl (C=O) groups excluding carboxylic acids is 1. The molecule has 20 heavy (non-hydrogen) atoms. The molecule has 0 radical (unpaired) electrons. The zero-order valence-electron chi connectivity index (χ0n) is 12.5. The van der Waals surface area contributed by atoms with Gasteiger partial charge in [-0.05, 0) is 24.7 Å². The molecular weight excluding hydrogens is 260 g/mol. The Morgan fingerprint density at radius 3 is 2.55 bits per heavy atom. The summed E-state index contributed by atoms with van der Waals surface area (Å²) in [5.74, 6) is -0.976. The van der Waals surface area contributed by atoms with Gasteiger partial charge in [0, 0.05) is 19.6 Å². The number of nitrogens with zero attached hydrogens (tertiary/aromatic N) is 1. The van der Waals surface area contributed by atoms with Gasteiger partial charge >= 0.3 is 12.0 Å². The lowest BCUT2D eigenvalue weighted by Gasteiger charge is -2.34. The summed E-state index contributed by atoms with van der Waals surface area (Å²) in [7, 11) is 0. The molecule has 3 unspecified atom stereocenters. The SMILES string of the molecule is CC(C)CC(CNC(=O)N1CCC(C)C(O)C1)C(=O)O. The highest BCUT2D eigenvalue weighted by molar-refractivity contribution is 5.76. The first kappa shape index (κ1) is 16.8. The minimum absolute atomic E-state index is 0.133. The number of carboxylic acids is 1. The third kappa shape index (κ3) is 5.00. The highest BCUT2D eigenvalue weighted by atomic mass is 16.4. The molecule has 3 atom stereocenters. The van der Waals surface area contributed by atoms with E-state index in [-0.39, 0.29) is 24.4 Å². The van der Waals surface area contributed by atoms with Crippen LogP contribution in [-0.2, 0) is 4.79 Å². The molecule has 0 bridgehead atoms. The summed E-state index contributed by atoms with van der Waals surface area (Å²) in [6.07, 6.45) is 0.804. The second kappa shape index (κ2) is 7.47. The molecule has 6 nitrogen and oxygen atoms in total. The molecule has 0 aromatic heterocycles. The molecule has 1 saturated heterocycles. The molecule has 6 heteroatoms. The number of rotatable bonds is 5. The number of hydrogen-bond acceptors (Lipinski definition) is 3. The second-order valence-corrected chi connectivity index (χ2v) is 6.13. The summed E-state index contributed by atoms with van der Waals surface area (Å²) < 4.78 is 0. The number of nitrogens with one attached hydrogen (secondary N) is 1. The van der Waals surface area contributed by atoms with E-state index in [1.807, 2.05) is 20.8 Å². The van der Waals surface area contributed by atoms with Crippen molar-refractivity contribution in [3.05, 3.63) is 0 Å². The van der Waals surface area contributed by atoms with Crippen molar-refractivity contribution in [3.8, 4) is 0 Å². The zero-order chi connectivity index (χ0) is 15.3. The maximum atomic E-state index is 12.0. The lowest BCUT2D eigenvalue weighted by atomic mass is 9.96. The third-order valence-electron chi connectivity index (χ3n) is 3.81. The van der Waals surface area contributed by atoms with Crippen LogP contribution in [0.2, 0.25) is 0 Å². The van der Waals surface area contributed by atoms with Crippen molar-refractivity contribution in [2.24, 2.45) is 17.8 Å². The van der Waals surface area contributed by atoms with E-state index < -0.39 is 18.0 Å². The minimum Gasteiger partial charge on any atom is -0.481 e. The van der Waals surface area contributed by atoms with Gasteiger partial charge in [-0.15, -0.1) is 0 Å². The first-order valence-electron chi connectivity index (χ1n) is 7.24. The molecule has 2 amide bonds. The van der Waals surface area contributed by atoms with Crippen LogP contribution in [0.4, 0.5) is 4.79 Å². The van der Waals surface area contributed by atoms with Gasteiger partial charge < -0.3 is 20.4 Å². The quantitative estimate of drug-likeness (QED) is 0.707. The first-order valence-corrected chi connectivity index (χ1v) is 7.24. The van der Waals surface area contributed by atoms with E-state index in [9.17, 15) is 14.7 Å². The summed E-state index contributed by atoms with van der Waals surface area (Å²) in [6.45, 7) is 6.93. The summed E-state index contributed by atoms with van der Waals surface area (Å²) in [6, 6.07) is -0.286. The number of amides is 2. The number of piperidine rings is 1. The van der Waals surface area contributed by atoms with E-state index in [1.54, 1.807) is 4.90 Å². The van der Waals surface area contributed by atoms with Gasteiger partial charge in [0.05, 0.1) is 12.0 Å². The van der Waals surface area contributed by atoms with E-state index in [2.05, 4.69) is 5.32 Å². The largest absolute Gasteiger partial charge is 0.481 e. The molecule has 116 valence electrons. The summed E-state index contributed by atoms with van der Waals surface area (Å²) in [4.78, 5) is 24.6. The molecule has 0 aliphatic carbocycles. The van der Waals surface area contributed by atoms with Crippen molar-refractivity contribution in [2.45, 2.75) is 39.7 Å². The number of aliphatic hydroxyl groups excluding tert-OH is 1. The van der Waals surface area contributed by atoms with Gasteiger partial charge in [-0.3, -0.25) is 4.79 Å². The number of aliphatic hydroxyl groups is 1. The lowest BCUT2D eigenvalue weighted by molar-refractivity contribution is -0.142. The van der Waals surface area contributed by atoms with E-state index in [1.165, 1.54) is 0 Å². The van der Waals surface area contributed by atoms with Crippen LogP contribution >= 0.6 is 0 Å². The fourth-order valence-corrected chi connectivity index (χ4v) is 2.40. The fraction of sp³-hybridized carbons (Fsp3) is 0.857. The fourth-order valence-electron chi connectivity index (χ4n) is 2.40. The van der Waals surface area contributed by atoms with Gasteiger partial charge in [-0.1, -0.05) is 20.8 Å². The van der Waals surface area contributed by atoms with Crippen LogP contribution in [0.15, 0.2) is 0 Å². The number of carbonyl (C=O) groups is 2. The van der Waals surface area contributed by atoms with Crippen LogP contribution < -0.4 is 5.32 Å². The van der Waals surface area contributed by atoms with Crippen LogP contribution in [-0.4, -0.2) is 52.9 Å².